The molecule has 0 aliphatic carbocycles. The van der Waals surface area contributed by atoms with Crippen LogP contribution in [0.1, 0.15) is 17.9 Å². The number of carboxylic acids is 1. The van der Waals surface area contributed by atoms with Crippen LogP contribution in [-0.4, -0.2) is 31.7 Å². The molecule has 0 aliphatic rings. The van der Waals surface area contributed by atoms with Crippen LogP contribution in [-0.2, 0) is 9.59 Å². The molecule has 2 N–H and O–H groups in total. The number of carbonyl (C=O) groups is 2. The van der Waals surface area contributed by atoms with Crippen molar-refractivity contribution in [3.05, 3.63) is 71.5 Å². The number of nitrogens with one attached hydrogen (secondary N) is 1. The van der Waals surface area contributed by atoms with Gasteiger partial charge >= 0.3 is 5.97 Å². The minimum Gasteiger partial charge on any atom is -0.481 e. The quantitative estimate of drug-likeness (QED) is 0.675. The molecule has 1 aromatic heterocycles. The van der Waals surface area contributed by atoms with E-state index in [0.717, 1.165) is 12.1 Å². The van der Waals surface area contributed by atoms with Gasteiger partial charge in [-0.1, -0.05) is 23.7 Å². The average Bonchev–Trinajstić information content (AvgIpc) is 3.15. The van der Waals surface area contributed by atoms with E-state index in [2.05, 4.69) is 15.4 Å². The van der Waals surface area contributed by atoms with Crippen LogP contribution in [0, 0.1) is 5.82 Å². The van der Waals surface area contributed by atoms with E-state index in [0.29, 0.717) is 22.0 Å². The van der Waals surface area contributed by atoms with Gasteiger partial charge in [0.1, 0.15) is 18.5 Å². The number of nitrogens with zero attached hydrogens (tertiary/aromatic N) is 3. The van der Waals surface area contributed by atoms with Crippen LogP contribution >= 0.6 is 11.6 Å². The third kappa shape index (κ3) is 4.48. The Kier molecular flexibility index (Phi) is 5.46. The van der Waals surface area contributed by atoms with Crippen LogP contribution in [0.3, 0.4) is 0 Å². The SMILES string of the molecule is O=C(C[C@@H](C(=O)O)c1ccc(F)cc1)Nc1cc(Cl)ccc1-n1cncn1. The maximum atomic E-state index is 13.1. The number of benzene rings is 2. The van der Waals surface area contributed by atoms with Crippen molar-refractivity contribution >= 4 is 29.2 Å². The fourth-order valence-corrected chi connectivity index (χ4v) is 2.74. The molecule has 0 fully saturated rings. The molecule has 0 spiro atoms. The maximum Gasteiger partial charge on any atom is 0.311 e. The Bertz CT molecular complexity index is 961. The largest absolute Gasteiger partial charge is 0.481 e. The zero-order chi connectivity index (χ0) is 19.4. The average molecular weight is 389 g/mol. The van der Waals surface area contributed by atoms with Crippen molar-refractivity contribution in [2.45, 2.75) is 12.3 Å². The van der Waals surface area contributed by atoms with Gasteiger partial charge in [-0.2, -0.15) is 5.10 Å². The molecule has 0 bridgehead atoms. The van der Waals surface area contributed by atoms with Crippen molar-refractivity contribution in [3.8, 4) is 5.69 Å². The van der Waals surface area contributed by atoms with Gasteiger partial charge in [-0.25, -0.2) is 14.1 Å². The topological polar surface area (TPSA) is 97.1 Å². The summed E-state index contributed by atoms with van der Waals surface area (Å²) in [6.07, 6.45) is 2.47. The monoisotopic (exact) mass is 388 g/mol. The van der Waals surface area contributed by atoms with Crippen LogP contribution in [0.4, 0.5) is 10.1 Å². The second-order valence-electron chi connectivity index (χ2n) is 5.70. The number of aliphatic carboxylic acids is 1. The van der Waals surface area contributed by atoms with Crippen molar-refractivity contribution in [1.82, 2.24) is 14.8 Å². The summed E-state index contributed by atoms with van der Waals surface area (Å²) in [5, 5.41) is 16.5. The molecule has 0 aliphatic heterocycles. The molecule has 1 atom stereocenters. The smallest absolute Gasteiger partial charge is 0.311 e. The molecule has 138 valence electrons. The summed E-state index contributed by atoms with van der Waals surface area (Å²) in [6, 6.07) is 9.83. The summed E-state index contributed by atoms with van der Waals surface area (Å²) >= 11 is 6.00. The summed E-state index contributed by atoms with van der Waals surface area (Å²) in [5.41, 5.74) is 1.22. The Hall–Kier alpha value is -3.26. The first-order valence-corrected chi connectivity index (χ1v) is 8.24. The molecule has 3 aromatic rings. The van der Waals surface area contributed by atoms with E-state index >= 15 is 0 Å². The van der Waals surface area contributed by atoms with E-state index in [-0.39, 0.29) is 6.42 Å². The number of anilines is 1. The van der Waals surface area contributed by atoms with Gasteiger partial charge in [-0.3, -0.25) is 9.59 Å². The molecule has 0 saturated carbocycles. The van der Waals surface area contributed by atoms with Crippen molar-refractivity contribution in [1.29, 1.82) is 0 Å². The van der Waals surface area contributed by atoms with Gasteiger partial charge in [0, 0.05) is 11.4 Å². The van der Waals surface area contributed by atoms with Crippen LogP contribution < -0.4 is 5.32 Å². The number of aromatic nitrogens is 3. The lowest BCUT2D eigenvalue weighted by molar-refractivity contribution is -0.140. The molecule has 0 unspecified atom stereocenters. The highest BCUT2D eigenvalue weighted by molar-refractivity contribution is 6.31. The van der Waals surface area contributed by atoms with E-state index in [9.17, 15) is 19.1 Å². The lowest BCUT2D eigenvalue weighted by Crippen LogP contribution is -2.21. The first-order chi connectivity index (χ1) is 12.9. The lowest BCUT2D eigenvalue weighted by atomic mass is 9.95. The molecule has 3 rings (SSSR count). The van der Waals surface area contributed by atoms with Crippen molar-refractivity contribution < 1.29 is 19.1 Å². The fourth-order valence-electron chi connectivity index (χ4n) is 2.57. The maximum absolute atomic E-state index is 13.1. The van der Waals surface area contributed by atoms with Crippen LogP contribution in [0.15, 0.2) is 55.1 Å². The number of carbonyl (C=O) groups excluding carboxylic acids is 1. The number of amides is 1. The van der Waals surface area contributed by atoms with Crippen molar-refractivity contribution in [2.75, 3.05) is 5.32 Å². The number of hydrogen-bond acceptors (Lipinski definition) is 4. The molecule has 2 aromatic carbocycles. The van der Waals surface area contributed by atoms with Gasteiger partial charge in [-0.15, -0.1) is 0 Å². The number of rotatable bonds is 6. The highest BCUT2D eigenvalue weighted by Gasteiger charge is 2.24. The van der Waals surface area contributed by atoms with Crippen LogP contribution in [0.5, 0.6) is 0 Å². The molecular weight excluding hydrogens is 375 g/mol. The number of carboxylic acid groups (broad SMARTS) is 1. The minimum absolute atomic E-state index is 0.329. The second kappa shape index (κ2) is 7.96. The molecule has 1 amide bonds. The number of halogens is 2. The Morgan fingerprint density at radius 3 is 2.59 bits per heavy atom. The van der Waals surface area contributed by atoms with Gasteiger partial charge < -0.3 is 10.4 Å². The lowest BCUT2D eigenvalue weighted by Gasteiger charge is -2.15. The van der Waals surface area contributed by atoms with Crippen molar-refractivity contribution in [3.63, 3.8) is 0 Å². The van der Waals surface area contributed by atoms with Crippen LogP contribution in [0.25, 0.3) is 5.69 Å². The zero-order valence-electron chi connectivity index (χ0n) is 13.8. The van der Waals surface area contributed by atoms with Crippen LogP contribution in [0.2, 0.25) is 5.02 Å². The highest BCUT2D eigenvalue weighted by Crippen LogP contribution is 2.26. The predicted octanol–water partition coefficient (Wildman–Crippen LogP) is 3.26. The molecule has 0 radical (unpaired) electrons. The molecule has 1 heterocycles. The molecule has 0 saturated heterocycles. The van der Waals surface area contributed by atoms with E-state index in [1.54, 1.807) is 12.1 Å². The third-order valence-corrected chi connectivity index (χ3v) is 4.09. The van der Waals surface area contributed by atoms with E-state index in [4.69, 9.17) is 11.6 Å². The van der Waals surface area contributed by atoms with Gasteiger partial charge in [0.05, 0.1) is 17.3 Å². The first-order valence-electron chi connectivity index (χ1n) is 7.86. The summed E-state index contributed by atoms with van der Waals surface area (Å²) in [4.78, 5) is 27.9. The normalized spacial score (nSPS) is 11.8. The molecule has 27 heavy (non-hydrogen) atoms. The van der Waals surface area contributed by atoms with E-state index < -0.39 is 23.6 Å². The summed E-state index contributed by atoms with van der Waals surface area (Å²) in [7, 11) is 0. The van der Waals surface area contributed by atoms with E-state index in [1.165, 1.54) is 35.5 Å². The Morgan fingerprint density at radius 2 is 1.96 bits per heavy atom. The molecule has 9 heteroatoms. The first kappa shape index (κ1) is 18.5. The Balaban J connectivity index is 1.81. The summed E-state index contributed by atoms with van der Waals surface area (Å²) in [6.45, 7) is 0. The van der Waals surface area contributed by atoms with E-state index in [1.807, 2.05) is 0 Å². The standard InChI is InChI=1S/C18H14ClFN4O3/c19-12-3-6-16(24-10-21-9-22-24)15(7-12)23-17(25)8-14(18(26)27)11-1-4-13(20)5-2-11/h1-7,9-10,14H,8H2,(H,23,25)(H,26,27)/t14-/m1/s1. The van der Waals surface area contributed by atoms with Gasteiger partial charge in [0.2, 0.25) is 5.91 Å². The Morgan fingerprint density at radius 1 is 1.22 bits per heavy atom. The summed E-state index contributed by atoms with van der Waals surface area (Å²) in [5.74, 6) is -3.31. The van der Waals surface area contributed by atoms with Crippen molar-refractivity contribution in [2.24, 2.45) is 0 Å². The van der Waals surface area contributed by atoms with Gasteiger partial charge in [0.15, 0.2) is 0 Å². The second-order valence-corrected chi connectivity index (χ2v) is 6.13. The fraction of sp³-hybridized carbons (Fsp3) is 0.111. The van der Waals surface area contributed by atoms with Gasteiger partial charge in [0.25, 0.3) is 0 Å². The Labute approximate surface area is 158 Å². The zero-order valence-corrected chi connectivity index (χ0v) is 14.6. The predicted molar refractivity (Wildman–Crippen MR) is 96.4 cm³/mol. The third-order valence-electron chi connectivity index (χ3n) is 3.86. The number of hydrogen-bond donors (Lipinski definition) is 2. The molecular formula is C18H14ClFN4O3. The highest BCUT2D eigenvalue weighted by atomic mass is 35.5. The van der Waals surface area contributed by atoms with Gasteiger partial charge in [-0.05, 0) is 35.9 Å². The molecule has 7 nitrogen and oxygen atoms in total. The minimum atomic E-state index is -1.18. The summed E-state index contributed by atoms with van der Waals surface area (Å²) < 4.78 is 14.5.